The van der Waals surface area contributed by atoms with Crippen molar-refractivity contribution < 1.29 is 13.2 Å². The molecular formula is C14H17N5O3S. The van der Waals surface area contributed by atoms with Crippen LogP contribution in [0.25, 0.3) is 0 Å². The van der Waals surface area contributed by atoms with Crippen LogP contribution in [0, 0.1) is 0 Å². The summed E-state index contributed by atoms with van der Waals surface area (Å²) in [5.74, 6) is 0.128. The number of benzene rings is 1. The summed E-state index contributed by atoms with van der Waals surface area (Å²) >= 11 is 0. The van der Waals surface area contributed by atoms with Gasteiger partial charge >= 0.3 is 0 Å². The Morgan fingerprint density at radius 2 is 2.00 bits per heavy atom. The van der Waals surface area contributed by atoms with Gasteiger partial charge in [-0.3, -0.25) is 14.6 Å². The second kappa shape index (κ2) is 6.01. The predicted molar refractivity (Wildman–Crippen MR) is 85.6 cm³/mol. The van der Waals surface area contributed by atoms with E-state index < -0.39 is 10.0 Å². The van der Waals surface area contributed by atoms with Crippen LogP contribution in [0.1, 0.15) is 18.2 Å². The summed E-state index contributed by atoms with van der Waals surface area (Å²) in [4.78, 5) is 11.1. The molecule has 8 nitrogen and oxygen atoms in total. The monoisotopic (exact) mass is 335 g/mol. The lowest BCUT2D eigenvalue weighted by Crippen LogP contribution is -2.24. The number of aromatic amines is 1. The predicted octanol–water partition coefficient (Wildman–Crippen LogP) is 0.815. The molecule has 0 fully saturated rings. The molecule has 0 saturated carbocycles. The number of amides is 1. The number of nitrogens with one attached hydrogen (secondary N) is 4. The largest absolute Gasteiger partial charge is 0.326 e. The molecule has 0 radical (unpaired) electrons. The van der Waals surface area contributed by atoms with Crippen molar-refractivity contribution in [1.29, 1.82) is 0 Å². The number of carbonyl (C=O) groups is 1. The smallest absolute Gasteiger partial charge is 0.263 e. The minimum atomic E-state index is -3.73. The summed E-state index contributed by atoms with van der Waals surface area (Å²) in [7, 11) is -3.73. The van der Waals surface area contributed by atoms with Crippen molar-refractivity contribution in [2.75, 3.05) is 16.6 Å². The normalized spacial score (nSPS) is 14.1. The van der Waals surface area contributed by atoms with Crippen molar-refractivity contribution in [3.63, 3.8) is 0 Å². The Kier molecular flexibility index (Phi) is 4.05. The third-order valence-electron chi connectivity index (χ3n) is 3.52. The van der Waals surface area contributed by atoms with Crippen LogP contribution in [-0.2, 0) is 27.8 Å². The highest BCUT2D eigenvalue weighted by Gasteiger charge is 2.21. The van der Waals surface area contributed by atoms with Gasteiger partial charge in [0.15, 0.2) is 5.82 Å². The molecule has 0 aliphatic carbocycles. The van der Waals surface area contributed by atoms with Gasteiger partial charge < -0.3 is 10.6 Å². The number of hydrogen-bond donors (Lipinski definition) is 4. The average Bonchev–Trinajstić information content (AvgIpc) is 2.90. The van der Waals surface area contributed by atoms with Gasteiger partial charge in [-0.2, -0.15) is 5.10 Å². The molecule has 2 aromatic rings. The van der Waals surface area contributed by atoms with Gasteiger partial charge in [-0.15, -0.1) is 0 Å². The van der Waals surface area contributed by atoms with E-state index >= 15 is 0 Å². The maximum Gasteiger partial charge on any atom is 0.263 e. The SMILES string of the molecule is CC(=O)Nc1ccc(S(=O)(=O)Nc2n[nH]c3c2CCNC3)cc1. The van der Waals surface area contributed by atoms with Crippen LogP contribution in [0.15, 0.2) is 29.2 Å². The molecule has 0 saturated heterocycles. The molecule has 1 amide bonds. The van der Waals surface area contributed by atoms with Crippen molar-refractivity contribution in [2.24, 2.45) is 0 Å². The fraction of sp³-hybridized carbons (Fsp3) is 0.286. The Labute approximate surface area is 133 Å². The standard InChI is InChI=1S/C14H17N5O3S/c1-9(20)16-10-2-4-11(5-3-10)23(21,22)19-14-12-6-7-15-8-13(12)17-18-14/h2-5,15H,6-8H2,1H3,(H,16,20)(H2,17,18,19). The summed E-state index contributed by atoms with van der Waals surface area (Å²) in [5.41, 5.74) is 2.33. The number of nitrogens with zero attached hydrogens (tertiary/aromatic N) is 1. The number of fused-ring (bicyclic) bond motifs is 1. The van der Waals surface area contributed by atoms with Crippen LogP contribution in [-0.4, -0.2) is 31.1 Å². The van der Waals surface area contributed by atoms with Crippen molar-refractivity contribution in [2.45, 2.75) is 24.8 Å². The van der Waals surface area contributed by atoms with Crippen molar-refractivity contribution >= 4 is 27.4 Å². The quantitative estimate of drug-likeness (QED) is 0.660. The van der Waals surface area contributed by atoms with Gasteiger partial charge in [-0.1, -0.05) is 0 Å². The fourth-order valence-corrected chi connectivity index (χ4v) is 3.47. The summed E-state index contributed by atoms with van der Waals surface area (Å²) in [5, 5.41) is 12.7. The minimum Gasteiger partial charge on any atom is -0.326 e. The Bertz CT molecular complexity index is 827. The summed E-state index contributed by atoms with van der Waals surface area (Å²) in [6, 6.07) is 5.96. The van der Waals surface area contributed by atoms with Gasteiger partial charge in [-0.05, 0) is 37.2 Å². The zero-order valence-corrected chi connectivity index (χ0v) is 13.3. The second-order valence-corrected chi connectivity index (χ2v) is 6.95. The van der Waals surface area contributed by atoms with E-state index in [9.17, 15) is 13.2 Å². The summed E-state index contributed by atoms with van der Waals surface area (Å²) < 4.78 is 27.4. The molecule has 0 atom stereocenters. The first-order valence-corrected chi connectivity index (χ1v) is 8.61. The lowest BCUT2D eigenvalue weighted by Gasteiger charge is -2.13. The molecule has 0 unspecified atom stereocenters. The Morgan fingerprint density at radius 1 is 1.26 bits per heavy atom. The van der Waals surface area contributed by atoms with E-state index in [0.29, 0.717) is 24.5 Å². The van der Waals surface area contributed by atoms with Crippen LogP contribution in [0.4, 0.5) is 11.5 Å². The van der Waals surface area contributed by atoms with Crippen LogP contribution in [0.5, 0.6) is 0 Å². The molecule has 1 aromatic carbocycles. The third kappa shape index (κ3) is 3.35. The number of rotatable bonds is 4. The molecule has 2 heterocycles. The van der Waals surface area contributed by atoms with Gasteiger partial charge in [-0.25, -0.2) is 8.42 Å². The lowest BCUT2D eigenvalue weighted by molar-refractivity contribution is -0.114. The maximum absolute atomic E-state index is 12.5. The van der Waals surface area contributed by atoms with Crippen molar-refractivity contribution in [3.05, 3.63) is 35.5 Å². The summed E-state index contributed by atoms with van der Waals surface area (Å²) in [6.07, 6.45) is 0.713. The minimum absolute atomic E-state index is 0.109. The Balaban J connectivity index is 1.81. The molecule has 3 rings (SSSR count). The number of aromatic nitrogens is 2. The van der Waals surface area contributed by atoms with Gasteiger partial charge in [0.25, 0.3) is 10.0 Å². The van der Waals surface area contributed by atoms with Crippen LogP contribution < -0.4 is 15.4 Å². The zero-order chi connectivity index (χ0) is 16.4. The summed E-state index contributed by atoms with van der Waals surface area (Å²) in [6.45, 7) is 2.82. The van der Waals surface area contributed by atoms with Crippen LogP contribution >= 0.6 is 0 Å². The zero-order valence-electron chi connectivity index (χ0n) is 12.5. The van der Waals surface area contributed by atoms with E-state index in [1.807, 2.05) is 0 Å². The molecule has 4 N–H and O–H groups in total. The van der Waals surface area contributed by atoms with E-state index in [2.05, 4.69) is 25.6 Å². The fourth-order valence-electron chi connectivity index (χ4n) is 2.43. The van der Waals surface area contributed by atoms with Gasteiger partial charge in [0.2, 0.25) is 5.91 Å². The molecular weight excluding hydrogens is 318 g/mol. The first-order chi connectivity index (χ1) is 11.0. The van der Waals surface area contributed by atoms with Crippen LogP contribution in [0.2, 0.25) is 0 Å². The highest BCUT2D eigenvalue weighted by molar-refractivity contribution is 7.92. The average molecular weight is 335 g/mol. The van der Waals surface area contributed by atoms with Crippen molar-refractivity contribution in [1.82, 2.24) is 15.5 Å². The topological polar surface area (TPSA) is 116 Å². The number of carbonyl (C=O) groups excluding carboxylic acids is 1. The van der Waals surface area contributed by atoms with Gasteiger partial charge in [0, 0.05) is 24.7 Å². The Morgan fingerprint density at radius 3 is 2.70 bits per heavy atom. The van der Waals surface area contributed by atoms with E-state index in [1.54, 1.807) is 12.1 Å². The molecule has 0 spiro atoms. The Hall–Kier alpha value is -2.39. The lowest BCUT2D eigenvalue weighted by atomic mass is 10.1. The van der Waals surface area contributed by atoms with E-state index in [4.69, 9.17) is 0 Å². The first-order valence-electron chi connectivity index (χ1n) is 7.13. The van der Waals surface area contributed by atoms with E-state index in [-0.39, 0.29) is 10.8 Å². The molecule has 1 aromatic heterocycles. The van der Waals surface area contributed by atoms with E-state index in [1.165, 1.54) is 19.1 Å². The highest BCUT2D eigenvalue weighted by atomic mass is 32.2. The molecule has 1 aliphatic heterocycles. The first kappa shape index (κ1) is 15.5. The number of anilines is 2. The third-order valence-corrected chi connectivity index (χ3v) is 4.88. The maximum atomic E-state index is 12.5. The molecule has 23 heavy (non-hydrogen) atoms. The second-order valence-electron chi connectivity index (χ2n) is 5.27. The van der Waals surface area contributed by atoms with Crippen molar-refractivity contribution in [3.8, 4) is 0 Å². The highest BCUT2D eigenvalue weighted by Crippen LogP contribution is 2.23. The van der Waals surface area contributed by atoms with E-state index in [0.717, 1.165) is 17.8 Å². The number of hydrogen-bond acceptors (Lipinski definition) is 5. The number of H-pyrrole nitrogens is 1. The molecule has 122 valence electrons. The molecule has 9 heteroatoms. The van der Waals surface area contributed by atoms with Gasteiger partial charge in [0.05, 0.1) is 10.6 Å². The van der Waals surface area contributed by atoms with Gasteiger partial charge in [0.1, 0.15) is 0 Å². The molecule has 0 bridgehead atoms. The molecule has 1 aliphatic rings. The van der Waals surface area contributed by atoms with Crippen LogP contribution in [0.3, 0.4) is 0 Å². The number of sulfonamides is 1.